The summed E-state index contributed by atoms with van der Waals surface area (Å²) < 4.78 is 0. The summed E-state index contributed by atoms with van der Waals surface area (Å²) in [7, 11) is 2.22. The lowest BCUT2D eigenvalue weighted by atomic mass is 9.94. The maximum atomic E-state index is 12.5. The summed E-state index contributed by atoms with van der Waals surface area (Å²) in [5.41, 5.74) is 2.40. The van der Waals surface area contributed by atoms with Crippen LogP contribution in [0.3, 0.4) is 0 Å². The quantitative estimate of drug-likeness (QED) is 0.811. The van der Waals surface area contributed by atoms with Crippen LogP contribution in [0, 0.1) is 6.92 Å². The molecule has 1 N–H and O–H groups in total. The van der Waals surface area contributed by atoms with Crippen LogP contribution in [-0.2, 0) is 0 Å². The van der Waals surface area contributed by atoms with Gasteiger partial charge in [-0.05, 0) is 51.9 Å². The molecule has 1 aromatic heterocycles. The maximum absolute atomic E-state index is 12.5. The minimum absolute atomic E-state index is 0.0175. The van der Waals surface area contributed by atoms with Crippen molar-refractivity contribution >= 4 is 16.8 Å². The lowest BCUT2D eigenvalue weighted by Gasteiger charge is -2.31. The lowest BCUT2D eigenvalue weighted by Crippen LogP contribution is -2.36. The highest BCUT2D eigenvalue weighted by molar-refractivity contribution is 5.98. The van der Waals surface area contributed by atoms with Crippen molar-refractivity contribution < 1.29 is 4.79 Å². The van der Waals surface area contributed by atoms with E-state index in [-0.39, 0.29) is 5.91 Å². The first-order chi connectivity index (χ1) is 12.1. The number of aromatic nitrogens is 1. The number of aryl methyl sites for hydroxylation is 1. The number of carbonyl (C=O) groups is 1. The molecule has 0 radical (unpaired) electrons. The zero-order valence-corrected chi connectivity index (χ0v) is 15.4. The van der Waals surface area contributed by atoms with Gasteiger partial charge in [-0.2, -0.15) is 0 Å². The normalized spacial score (nSPS) is 15.6. The first kappa shape index (κ1) is 17.9. The largest absolute Gasteiger partial charge is 0.352 e. The molecule has 1 heterocycles. The minimum atomic E-state index is -0.0175. The van der Waals surface area contributed by atoms with Crippen LogP contribution in [0.4, 0.5) is 0 Å². The van der Waals surface area contributed by atoms with Crippen LogP contribution in [0.1, 0.15) is 54.6 Å². The fourth-order valence-corrected chi connectivity index (χ4v) is 3.77. The Morgan fingerprint density at radius 2 is 2.00 bits per heavy atom. The van der Waals surface area contributed by atoms with Crippen molar-refractivity contribution in [1.82, 2.24) is 15.2 Å². The Kier molecular flexibility index (Phi) is 6.03. The summed E-state index contributed by atoms with van der Waals surface area (Å²) in [4.78, 5) is 19.5. The maximum Gasteiger partial charge on any atom is 0.253 e. The number of fused-ring (bicyclic) bond motifs is 1. The van der Waals surface area contributed by atoms with Crippen molar-refractivity contribution in [2.45, 2.75) is 51.5 Å². The van der Waals surface area contributed by atoms with Crippen molar-refractivity contribution in [2.24, 2.45) is 0 Å². The molecule has 3 rings (SSSR count). The van der Waals surface area contributed by atoms with E-state index in [0.29, 0.717) is 12.1 Å². The molecule has 1 aromatic carbocycles. The molecular formula is C21H29N3O. The van der Waals surface area contributed by atoms with Gasteiger partial charge in [-0.3, -0.25) is 9.78 Å². The molecule has 1 aliphatic carbocycles. The average molecular weight is 339 g/mol. The van der Waals surface area contributed by atoms with Crippen LogP contribution >= 0.6 is 0 Å². The zero-order valence-electron chi connectivity index (χ0n) is 15.4. The van der Waals surface area contributed by atoms with Gasteiger partial charge in [0.25, 0.3) is 5.91 Å². The monoisotopic (exact) mass is 339 g/mol. The predicted octanol–water partition coefficient (Wildman–Crippen LogP) is 3.93. The van der Waals surface area contributed by atoms with Crippen LogP contribution in [0.15, 0.2) is 30.3 Å². The molecule has 0 aliphatic heterocycles. The van der Waals surface area contributed by atoms with Gasteiger partial charge in [-0.1, -0.05) is 37.5 Å². The van der Waals surface area contributed by atoms with Gasteiger partial charge in [-0.15, -0.1) is 0 Å². The zero-order chi connectivity index (χ0) is 17.6. The van der Waals surface area contributed by atoms with Gasteiger partial charge in [0.15, 0.2) is 0 Å². The average Bonchev–Trinajstić information content (AvgIpc) is 2.65. The number of hydrogen-bond donors (Lipinski definition) is 1. The number of nitrogens with zero attached hydrogens (tertiary/aromatic N) is 2. The molecule has 1 fully saturated rings. The smallest absolute Gasteiger partial charge is 0.253 e. The number of hydrogen-bond acceptors (Lipinski definition) is 3. The molecule has 0 bridgehead atoms. The second-order valence-electron chi connectivity index (χ2n) is 7.20. The number of carbonyl (C=O) groups excluding carboxylic acids is 1. The second-order valence-corrected chi connectivity index (χ2v) is 7.20. The van der Waals surface area contributed by atoms with Gasteiger partial charge in [0, 0.05) is 18.0 Å². The molecule has 4 heteroatoms. The summed E-state index contributed by atoms with van der Waals surface area (Å²) >= 11 is 0. The fraction of sp³-hybridized carbons (Fsp3) is 0.524. The SMILES string of the molecule is Cc1nc2ccccc2cc1C(=O)NCCCN(C)C1CCCCC1. The number of benzene rings is 1. The standard InChI is InChI=1S/C21H29N3O/c1-16-19(15-17-9-6-7-12-20(17)23-16)21(25)22-13-8-14-24(2)18-10-4-3-5-11-18/h6-7,9,12,15,18H,3-5,8,10-11,13-14H2,1-2H3,(H,22,25). The number of para-hydroxylation sites is 1. The van der Waals surface area contributed by atoms with Crippen molar-refractivity contribution in [2.75, 3.05) is 20.1 Å². The van der Waals surface area contributed by atoms with E-state index in [1.165, 1.54) is 32.1 Å². The number of amides is 1. The topological polar surface area (TPSA) is 45.2 Å². The molecule has 4 nitrogen and oxygen atoms in total. The third kappa shape index (κ3) is 4.57. The summed E-state index contributed by atoms with van der Waals surface area (Å²) in [6.07, 6.45) is 7.74. The molecule has 1 saturated carbocycles. The van der Waals surface area contributed by atoms with E-state index in [4.69, 9.17) is 0 Å². The van der Waals surface area contributed by atoms with Gasteiger partial charge in [0.05, 0.1) is 16.8 Å². The fourth-order valence-electron chi connectivity index (χ4n) is 3.77. The summed E-state index contributed by atoms with van der Waals surface area (Å²) in [6, 6.07) is 10.6. The number of pyridine rings is 1. The van der Waals surface area contributed by atoms with E-state index in [2.05, 4.69) is 22.2 Å². The van der Waals surface area contributed by atoms with E-state index >= 15 is 0 Å². The summed E-state index contributed by atoms with van der Waals surface area (Å²) in [6.45, 7) is 3.65. The Morgan fingerprint density at radius 3 is 2.80 bits per heavy atom. The van der Waals surface area contributed by atoms with E-state index in [0.717, 1.165) is 35.6 Å². The van der Waals surface area contributed by atoms with Crippen LogP contribution in [-0.4, -0.2) is 42.0 Å². The Hall–Kier alpha value is -1.94. The summed E-state index contributed by atoms with van der Waals surface area (Å²) in [5, 5.41) is 4.07. The van der Waals surface area contributed by atoms with E-state index in [1.807, 2.05) is 37.3 Å². The molecule has 1 amide bonds. The van der Waals surface area contributed by atoms with Crippen LogP contribution in [0.25, 0.3) is 10.9 Å². The first-order valence-electron chi connectivity index (χ1n) is 9.50. The Bertz CT molecular complexity index is 722. The molecular weight excluding hydrogens is 310 g/mol. The molecule has 0 unspecified atom stereocenters. The molecule has 0 atom stereocenters. The van der Waals surface area contributed by atoms with Crippen LogP contribution < -0.4 is 5.32 Å². The van der Waals surface area contributed by atoms with Gasteiger partial charge < -0.3 is 10.2 Å². The Labute approximate surface area is 150 Å². The Morgan fingerprint density at radius 1 is 1.24 bits per heavy atom. The molecule has 0 spiro atoms. The van der Waals surface area contributed by atoms with Crippen LogP contribution in [0.5, 0.6) is 0 Å². The third-order valence-corrected chi connectivity index (χ3v) is 5.33. The van der Waals surface area contributed by atoms with E-state index in [9.17, 15) is 4.79 Å². The predicted molar refractivity (Wildman–Crippen MR) is 103 cm³/mol. The number of rotatable bonds is 6. The second kappa shape index (κ2) is 8.43. The van der Waals surface area contributed by atoms with Crippen molar-refractivity contribution in [1.29, 1.82) is 0 Å². The van der Waals surface area contributed by atoms with Gasteiger partial charge in [-0.25, -0.2) is 0 Å². The highest BCUT2D eigenvalue weighted by atomic mass is 16.1. The van der Waals surface area contributed by atoms with Crippen molar-refractivity contribution in [3.63, 3.8) is 0 Å². The van der Waals surface area contributed by atoms with Crippen molar-refractivity contribution in [3.05, 3.63) is 41.6 Å². The molecule has 2 aromatic rings. The van der Waals surface area contributed by atoms with E-state index < -0.39 is 0 Å². The lowest BCUT2D eigenvalue weighted by molar-refractivity contribution is 0.0949. The number of nitrogens with one attached hydrogen (secondary N) is 1. The minimum Gasteiger partial charge on any atom is -0.352 e. The van der Waals surface area contributed by atoms with Crippen LogP contribution in [0.2, 0.25) is 0 Å². The highest BCUT2D eigenvalue weighted by Gasteiger charge is 2.17. The molecule has 1 aliphatic rings. The molecule has 25 heavy (non-hydrogen) atoms. The highest BCUT2D eigenvalue weighted by Crippen LogP contribution is 2.21. The summed E-state index contributed by atoms with van der Waals surface area (Å²) in [5.74, 6) is -0.0175. The molecule has 0 saturated heterocycles. The Balaban J connectivity index is 1.50. The van der Waals surface area contributed by atoms with Crippen molar-refractivity contribution in [3.8, 4) is 0 Å². The van der Waals surface area contributed by atoms with Gasteiger partial charge >= 0.3 is 0 Å². The third-order valence-electron chi connectivity index (χ3n) is 5.33. The van der Waals surface area contributed by atoms with Gasteiger partial charge in [0.2, 0.25) is 0 Å². The molecule has 134 valence electrons. The van der Waals surface area contributed by atoms with Gasteiger partial charge in [0.1, 0.15) is 0 Å². The first-order valence-corrected chi connectivity index (χ1v) is 9.50. The van der Waals surface area contributed by atoms with E-state index in [1.54, 1.807) is 0 Å².